The number of nitrogens with one attached hydrogen (secondary N) is 1. The molecule has 0 bridgehead atoms. The SMILES string of the molecule is CC(C)(C)C1CCC(c2ccccc2N2CCN(C3CCCC[NH+]3[O-])CC2)CC1.Cl. The Morgan fingerprint density at radius 2 is 1.57 bits per heavy atom. The second kappa shape index (κ2) is 10.2. The van der Waals surface area contributed by atoms with Crippen molar-refractivity contribution in [1.82, 2.24) is 4.90 Å². The fourth-order valence-corrected chi connectivity index (χ4v) is 6.02. The molecule has 2 atom stereocenters. The van der Waals surface area contributed by atoms with Crippen LogP contribution in [-0.2, 0) is 0 Å². The lowest BCUT2D eigenvalue weighted by Crippen LogP contribution is -3.14. The first kappa shape index (κ1) is 23.8. The van der Waals surface area contributed by atoms with Gasteiger partial charge in [-0.25, -0.2) is 0 Å². The first-order valence-electron chi connectivity index (χ1n) is 12.0. The minimum Gasteiger partial charge on any atom is -0.633 e. The van der Waals surface area contributed by atoms with Crippen LogP contribution in [0.25, 0.3) is 0 Å². The minimum atomic E-state index is 0. The molecule has 0 amide bonds. The van der Waals surface area contributed by atoms with E-state index in [0.29, 0.717) is 16.4 Å². The maximum absolute atomic E-state index is 12.3. The number of hydroxylamine groups is 2. The van der Waals surface area contributed by atoms with Gasteiger partial charge < -0.3 is 15.2 Å². The van der Waals surface area contributed by atoms with Crippen LogP contribution in [0.3, 0.4) is 0 Å². The summed E-state index contributed by atoms with van der Waals surface area (Å²) >= 11 is 0. The smallest absolute Gasteiger partial charge is 0.143 e. The van der Waals surface area contributed by atoms with Gasteiger partial charge in [-0.15, -0.1) is 12.4 Å². The Labute approximate surface area is 190 Å². The number of anilines is 1. The van der Waals surface area contributed by atoms with Gasteiger partial charge in [-0.05, 0) is 67.4 Å². The third-order valence-corrected chi connectivity index (χ3v) is 7.95. The van der Waals surface area contributed by atoms with Crippen molar-refractivity contribution in [3.8, 4) is 0 Å². The monoisotopic (exact) mass is 435 g/mol. The summed E-state index contributed by atoms with van der Waals surface area (Å²) in [6, 6.07) is 9.16. The molecule has 5 heteroatoms. The van der Waals surface area contributed by atoms with Crippen LogP contribution in [0.2, 0.25) is 0 Å². The summed E-state index contributed by atoms with van der Waals surface area (Å²) in [5.74, 6) is 1.57. The summed E-state index contributed by atoms with van der Waals surface area (Å²) in [5, 5.41) is 12.8. The van der Waals surface area contributed by atoms with Gasteiger partial charge in [-0.3, -0.25) is 4.90 Å². The molecule has 2 saturated heterocycles. The highest BCUT2D eigenvalue weighted by molar-refractivity contribution is 5.85. The van der Waals surface area contributed by atoms with Crippen LogP contribution in [0.4, 0.5) is 5.69 Å². The summed E-state index contributed by atoms with van der Waals surface area (Å²) in [6.07, 6.45) is 8.97. The molecule has 1 aromatic rings. The van der Waals surface area contributed by atoms with Crippen molar-refractivity contribution in [1.29, 1.82) is 0 Å². The first-order valence-corrected chi connectivity index (χ1v) is 12.0. The number of nitrogens with zero attached hydrogens (tertiary/aromatic N) is 2. The molecule has 2 heterocycles. The third kappa shape index (κ3) is 5.32. The van der Waals surface area contributed by atoms with Crippen molar-refractivity contribution in [2.24, 2.45) is 11.3 Å². The largest absolute Gasteiger partial charge is 0.633 e. The van der Waals surface area contributed by atoms with Crippen LogP contribution in [0.5, 0.6) is 0 Å². The van der Waals surface area contributed by atoms with E-state index in [1.807, 2.05) is 0 Å². The second-order valence-corrected chi connectivity index (χ2v) is 10.7. The predicted octanol–water partition coefficient (Wildman–Crippen LogP) is 4.44. The molecule has 3 fully saturated rings. The second-order valence-electron chi connectivity index (χ2n) is 10.7. The quantitative estimate of drug-likeness (QED) is 0.712. The van der Waals surface area contributed by atoms with E-state index in [2.05, 4.69) is 54.8 Å². The summed E-state index contributed by atoms with van der Waals surface area (Å²) in [5.41, 5.74) is 3.47. The van der Waals surface area contributed by atoms with Gasteiger partial charge in [0.1, 0.15) is 6.17 Å². The van der Waals surface area contributed by atoms with Gasteiger partial charge in [0.15, 0.2) is 0 Å². The number of piperidine rings is 1. The van der Waals surface area contributed by atoms with Gasteiger partial charge in [-0.2, -0.15) is 0 Å². The van der Waals surface area contributed by atoms with Crippen molar-refractivity contribution in [2.75, 3.05) is 37.6 Å². The Balaban J connectivity index is 0.00000256. The molecule has 4 rings (SSSR count). The number of piperazine rings is 1. The number of benzene rings is 1. The van der Waals surface area contributed by atoms with Crippen molar-refractivity contribution < 1.29 is 5.06 Å². The van der Waals surface area contributed by atoms with Gasteiger partial charge in [0.25, 0.3) is 0 Å². The average molecular weight is 436 g/mol. The molecular weight excluding hydrogens is 394 g/mol. The van der Waals surface area contributed by atoms with Crippen LogP contribution in [0, 0.1) is 16.5 Å². The Morgan fingerprint density at radius 1 is 0.900 bits per heavy atom. The maximum atomic E-state index is 12.3. The first-order chi connectivity index (χ1) is 13.9. The highest BCUT2D eigenvalue weighted by Gasteiger charge is 2.33. The van der Waals surface area contributed by atoms with Gasteiger partial charge >= 0.3 is 0 Å². The molecule has 3 aliphatic rings. The number of quaternary nitrogens is 1. The number of para-hydroxylation sites is 1. The molecule has 170 valence electrons. The molecule has 0 spiro atoms. The molecule has 0 radical (unpaired) electrons. The van der Waals surface area contributed by atoms with Gasteiger partial charge in [0.2, 0.25) is 0 Å². The summed E-state index contributed by atoms with van der Waals surface area (Å²) in [7, 11) is 0. The lowest BCUT2D eigenvalue weighted by molar-refractivity contribution is -0.895. The molecule has 4 nitrogen and oxygen atoms in total. The highest BCUT2D eigenvalue weighted by atomic mass is 35.5. The van der Waals surface area contributed by atoms with Gasteiger partial charge in [0.05, 0.1) is 6.54 Å². The lowest BCUT2D eigenvalue weighted by Gasteiger charge is -2.46. The highest BCUT2D eigenvalue weighted by Crippen LogP contribution is 2.45. The van der Waals surface area contributed by atoms with Crippen molar-refractivity contribution in [3.63, 3.8) is 0 Å². The Kier molecular flexibility index (Phi) is 8.11. The van der Waals surface area contributed by atoms with E-state index in [0.717, 1.165) is 51.5 Å². The van der Waals surface area contributed by atoms with Crippen molar-refractivity contribution in [3.05, 3.63) is 35.0 Å². The van der Waals surface area contributed by atoms with Crippen molar-refractivity contribution >= 4 is 18.1 Å². The van der Waals surface area contributed by atoms with E-state index in [1.165, 1.54) is 37.8 Å². The summed E-state index contributed by atoms with van der Waals surface area (Å²) in [4.78, 5) is 5.06. The maximum Gasteiger partial charge on any atom is 0.143 e. The van der Waals surface area contributed by atoms with E-state index in [-0.39, 0.29) is 18.6 Å². The molecule has 30 heavy (non-hydrogen) atoms. The van der Waals surface area contributed by atoms with E-state index >= 15 is 0 Å². The zero-order valence-corrected chi connectivity index (χ0v) is 20.1. The summed E-state index contributed by atoms with van der Waals surface area (Å²) in [6.45, 7) is 12.2. The standard InChI is InChI=1S/C25H41N3O.ClH/c1-25(2,3)21-13-11-20(12-14-21)22-8-4-5-9-23(22)26-16-18-27(19-17-26)24-10-6-7-15-28(24)29;/h4-5,8-9,20-21,24,28H,6-7,10-19H2,1-3H3;1H. The molecule has 1 aliphatic carbocycles. The molecule has 1 saturated carbocycles. The molecule has 1 N–H and O–H groups in total. The number of rotatable bonds is 3. The molecule has 0 aromatic heterocycles. The molecule has 2 unspecified atom stereocenters. The van der Waals surface area contributed by atoms with Crippen LogP contribution in [0.1, 0.15) is 77.2 Å². The van der Waals surface area contributed by atoms with Crippen molar-refractivity contribution in [2.45, 2.75) is 77.8 Å². The number of hydrogen-bond acceptors (Lipinski definition) is 3. The lowest BCUT2D eigenvalue weighted by atomic mass is 9.68. The van der Waals surface area contributed by atoms with Crippen LogP contribution < -0.4 is 9.96 Å². The van der Waals surface area contributed by atoms with E-state index in [1.54, 1.807) is 5.56 Å². The Hall–Kier alpha value is -0.810. The fourth-order valence-electron chi connectivity index (χ4n) is 6.02. The van der Waals surface area contributed by atoms with Gasteiger partial charge in [-0.1, -0.05) is 39.0 Å². The van der Waals surface area contributed by atoms with Gasteiger partial charge in [0, 0.05) is 38.3 Å². The topological polar surface area (TPSA) is 34.0 Å². The fraction of sp³-hybridized carbons (Fsp3) is 0.760. The number of halogens is 1. The molecule has 2 aliphatic heterocycles. The van der Waals surface area contributed by atoms with E-state index in [4.69, 9.17) is 0 Å². The van der Waals surface area contributed by atoms with Crippen LogP contribution in [-0.4, -0.2) is 43.8 Å². The number of hydrogen-bond donors (Lipinski definition) is 1. The Morgan fingerprint density at radius 3 is 2.20 bits per heavy atom. The minimum absolute atomic E-state index is 0. The Bertz CT molecular complexity index is 661. The van der Waals surface area contributed by atoms with Crippen LogP contribution in [0.15, 0.2) is 24.3 Å². The normalized spacial score (nSPS) is 31.3. The van der Waals surface area contributed by atoms with E-state index < -0.39 is 0 Å². The zero-order valence-electron chi connectivity index (χ0n) is 19.2. The zero-order chi connectivity index (χ0) is 20.4. The third-order valence-electron chi connectivity index (χ3n) is 7.95. The molecule has 1 aromatic carbocycles. The molecular formula is C25H42ClN3O. The summed E-state index contributed by atoms with van der Waals surface area (Å²) < 4.78 is 0. The van der Waals surface area contributed by atoms with Crippen LogP contribution >= 0.6 is 12.4 Å². The predicted molar refractivity (Wildman–Crippen MR) is 128 cm³/mol. The van der Waals surface area contributed by atoms with E-state index in [9.17, 15) is 5.21 Å². The average Bonchev–Trinajstić information content (AvgIpc) is 2.74.